The smallest absolute Gasteiger partial charge is 0.266 e. The van der Waals surface area contributed by atoms with Crippen LogP contribution in [0, 0.1) is 6.92 Å². The Morgan fingerprint density at radius 3 is 2.29 bits per heavy atom. The molecule has 1 atom stereocenters. The number of hydrogen-bond donors (Lipinski definition) is 1. The van der Waals surface area contributed by atoms with Crippen molar-refractivity contribution in [3.8, 4) is 0 Å². The van der Waals surface area contributed by atoms with Crippen LogP contribution in [0.2, 0.25) is 0 Å². The molecule has 1 N–H and O–H groups in total. The molecule has 0 spiro atoms. The molecule has 3 aromatic carbocycles. The predicted molar refractivity (Wildman–Crippen MR) is 121 cm³/mol. The fourth-order valence-corrected chi connectivity index (χ4v) is 3.96. The average Bonchev–Trinajstić information content (AvgIpc) is 3.04. The number of nitrogens with zero attached hydrogens (tertiary/aromatic N) is 1. The Bertz CT molecular complexity index is 1150. The first-order valence-electron chi connectivity index (χ1n) is 10.4. The zero-order chi connectivity index (χ0) is 22.0. The Kier molecular flexibility index (Phi) is 5.67. The lowest BCUT2D eigenvalue weighted by Gasteiger charge is -2.16. The van der Waals surface area contributed by atoms with E-state index in [1.165, 1.54) is 16.5 Å². The van der Waals surface area contributed by atoms with E-state index in [9.17, 15) is 14.4 Å². The molecule has 1 heterocycles. The molecule has 3 aromatic rings. The summed E-state index contributed by atoms with van der Waals surface area (Å²) in [6, 6.07) is 22.0. The minimum Gasteiger partial charge on any atom is -0.351 e. The van der Waals surface area contributed by atoms with E-state index in [2.05, 4.69) is 24.4 Å². The molecule has 0 radical (unpaired) electrons. The maximum atomic E-state index is 13.0. The number of carbonyl (C=O) groups is 3. The zero-order valence-electron chi connectivity index (χ0n) is 17.6. The van der Waals surface area contributed by atoms with Gasteiger partial charge in [-0.2, -0.15) is 0 Å². The van der Waals surface area contributed by atoms with Gasteiger partial charge in [0.05, 0.1) is 16.8 Å². The van der Waals surface area contributed by atoms with Gasteiger partial charge in [0.15, 0.2) is 0 Å². The summed E-state index contributed by atoms with van der Waals surface area (Å²) < 4.78 is 0. The molecule has 5 heteroatoms. The maximum Gasteiger partial charge on any atom is 0.266 e. The number of imide groups is 1. The van der Waals surface area contributed by atoms with Crippen molar-refractivity contribution in [2.24, 2.45) is 0 Å². The average molecular weight is 412 g/mol. The second-order valence-corrected chi connectivity index (χ2v) is 7.72. The quantitative estimate of drug-likeness (QED) is 0.596. The Balaban J connectivity index is 1.53. The molecule has 31 heavy (non-hydrogen) atoms. The highest BCUT2D eigenvalue weighted by atomic mass is 16.2. The minimum atomic E-state index is -0.403. The lowest BCUT2D eigenvalue weighted by atomic mass is 9.96. The van der Waals surface area contributed by atoms with E-state index in [0.29, 0.717) is 23.4 Å². The van der Waals surface area contributed by atoms with Gasteiger partial charge in [0.2, 0.25) is 0 Å². The molecule has 156 valence electrons. The van der Waals surface area contributed by atoms with E-state index < -0.39 is 5.91 Å². The van der Waals surface area contributed by atoms with Gasteiger partial charge in [0.25, 0.3) is 17.7 Å². The van der Waals surface area contributed by atoms with Crippen LogP contribution in [0.15, 0.2) is 72.8 Å². The van der Waals surface area contributed by atoms with Gasteiger partial charge in [-0.25, -0.2) is 4.90 Å². The van der Waals surface area contributed by atoms with Gasteiger partial charge in [0.1, 0.15) is 0 Å². The van der Waals surface area contributed by atoms with E-state index in [1.54, 1.807) is 24.3 Å². The van der Waals surface area contributed by atoms with Crippen molar-refractivity contribution in [2.75, 3.05) is 11.4 Å². The maximum absolute atomic E-state index is 13.0. The van der Waals surface area contributed by atoms with Crippen LogP contribution in [0.1, 0.15) is 61.5 Å². The molecular formula is C26H24N2O3. The van der Waals surface area contributed by atoms with E-state index in [0.717, 1.165) is 12.0 Å². The summed E-state index contributed by atoms with van der Waals surface area (Å²) in [4.78, 5) is 39.8. The van der Waals surface area contributed by atoms with Crippen LogP contribution in [0.5, 0.6) is 0 Å². The van der Waals surface area contributed by atoms with Gasteiger partial charge in [-0.15, -0.1) is 0 Å². The standard InChI is InChI=1S/C26H24N2O3/c1-3-18(19-10-5-4-6-11-19)16-27-24(29)20-13-14-21-22(15-20)26(31)28(25(21)30)23-12-8-7-9-17(23)2/h4-15,18H,3,16H2,1-2H3,(H,27,29)/t18-/m1/s1. The third-order valence-corrected chi connectivity index (χ3v) is 5.78. The Labute approximate surface area is 181 Å². The molecule has 0 fully saturated rings. The molecule has 3 amide bonds. The summed E-state index contributed by atoms with van der Waals surface area (Å²) in [7, 11) is 0. The summed E-state index contributed by atoms with van der Waals surface area (Å²) in [6.45, 7) is 4.44. The fourth-order valence-electron chi connectivity index (χ4n) is 3.96. The van der Waals surface area contributed by atoms with Gasteiger partial charge in [-0.1, -0.05) is 55.5 Å². The second kappa shape index (κ2) is 8.56. The van der Waals surface area contributed by atoms with Crippen molar-refractivity contribution in [3.05, 3.63) is 101 Å². The highest BCUT2D eigenvalue weighted by Gasteiger charge is 2.37. The number of fused-ring (bicyclic) bond motifs is 1. The number of rotatable bonds is 6. The number of benzene rings is 3. The monoisotopic (exact) mass is 412 g/mol. The lowest BCUT2D eigenvalue weighted by molar-refractivity contribution is 0.0923. The van der Waals surface area contributed by atoms with Crippen LogP contribution in [-0.2, 0) is 0 Å². The normalized spacial score (nSPS) is 13.8. The Morgan fingerprint density at radius 1 is 0.903 bits per heavy atom. The fraction of sp³-hybridized carbons (Fsp3) is 0.192. The highest BCUT2D eigenvalue weighted by molar-refractivity contribution is 6.35. The van der Waals surface area contributed by atoms with Crippen molar-refractivity contribution in [3.63, 3.8) is 0 Å². The second-order valence-electron chi connectivity index (χ2n) is 7.72. The van der Waals surface area contributed by atoms with E-state index in [1.807, 2.05) is 37.3 Å². The molecular weight excluding hydrogens is 388 g/mol. The highest BCUT2D eigenvalue weighted by Crippen LogP contribution is 2.31. The predicted octanol–water partition coefficient (Wildman–Crippen LogP) is 4.72. The van der Waals surface area contributed by atoms with Crippen molar-refractivity contribution in [1.82, 2.24) is 5.32 Å². The molecule has 0 bridgehead atoms. The van der Waals surface area contributed by atoms with E-state index in [4.69, 9.17) is 0 Å². The van der Waals surface area contributed by atoms with Crippen LogP contribution in [0.3, 0.4) is 0 Å². The summed E-state index contributed by atoms with van der Waals surface area (Å²) in [5, 5.41) is 2.97. The topological polar surface area (TPSA) is 66.5 Å². The molecule has 0 aliphatic carbocycles. The SMILES string of the molecule is CC[C@H](CNC(=O)c1ccc2c(c1)C(=O)N(c1ccccc1C)C2=O)c1ccccc1. The van der Waals surface area contributed by atoms with E-state index in [-0.39, 0.29) is 23.3 Å². The van der Waals surface area contributed by atoms with Crippen LogP contribution in [0.25, 0.3) is 0 Å². The summed E-state index contributed by atoms with van der Waals surface area (Å²) in [5.74, 6) is -0.817. The first kappa shape index (κ1) is 20.5. The van der Waals surface area contributed by atoms with Crippen molar-refractivity contribution in [1.29, 1.82) is 0 Å². The van der Waals surface area contributed by atoms with Crippen molar-refractivity contribution in [2.45, 2.75) is 26.2 Å². The van der Waals surface area contributed by atoms with Crippen LogP contribution in [0.4, 0.5) is 5.69 Å². The van der Waals surface area contributed by atoms with Gasteiger partial charge < -0.3 is 5.32 Å². The molecule has 0 saturated heterocycles. The number of amides is 3. The van der Waals surface area contributed by atoms with E-state index >= 15 is 0 Å². The number of anilines is 1. The van der Waals surface area contributed by atoms with Crippen molar-refractivity contribution < 1.29 is 14.4 Å². The molecule has 0 saturated carbocycles. The van der Waals surface area contributed by atoms with Gasteiger partial charge in [-0.3, -0.25) is 14.4 Å². The minimum absolute atomic E-state index is 0.208. The van der Waals surface area contributed by atoms with Crippen LogP contribution >= 0.6 is 0 Å². The number of aryl methyl sites for hydroxylation is 1. The van der Waals surface area contributed by atoms with Crippen LogP contribution in [-0.4, -0.2) is 24.3 Å². The first-order valence-corrected chi connectivity index (χ1v) is 10.4. The number of carbonyl (C=O) groups excluding carboxylic acids is 3. The Hall–Kier alpha value is -3.73. The third-order valence-electron chi connectivity index (χ3n) is 5.78. The molecule has 1 aliphatic heterocycles. The number of nitrogens with one attached hydrogen (secondary N) is 1. The summed E-state index contributed by atoms with van der Waals surface area (Å²) in [5.41, 5.74) is 3.52. The van der Waals surface area contributed by atoms with Crippen LogP contribution < -0.4 is 10.2 Å². The molecule has 5 nitrogen and oxygen atoms in total. The van der Waals surface area contributed by atoms with Gasteiger partial charge in [0, 0.05) is 18.0 Å². The summed E-state index contributed by atoms with van der Waals surface area (Å²) >= 11 is 0. The number of para-hydroxylation sites is 1. The van der Waals surface area contributed by atoms with Crippen molar-refractivity contribution >= 4 is 23.4 Å². The number of hydrogen-bond acceptors (Lipinski definition) is 3. The first-order chi connectivity index (χ1) is 15.0. The molecule has 1 aliphatic rings. The molecule has 0 aromatic heterocycles. The van der Waals surface area contributed by atoms with Gasteiger partial charge in [-0.05, 0) is 48.7 Å². The third kappa shape index (κ3) is 3.87. The lowest BCUT2D eigenvalue weighted by Crippen LogP contribution is -2.30. The largest absolute Gasteiger partial charge is 0.351 e. The van der Waals surface area contributed by atoms with Gasteiger partial charge >= 0.3 is 0 Å². The zero-order valence-corrected chi connectivity index (χ0v) is 17.6. The molecule has 4 rings (SSSR count). The molecule has 0 unspecified atom stereocenters. The summed E-state index contributed by atoms with van der Waals surface area (Å²) in [6.07, 6.45) is 0.896. The Morgan fingerprint density at radius 2 is 1.58 bits per heavy atom.